The van der Waals surface area contributed by atoms with E-state index in [2.05, 4.69) is 14.9 Å². The molecule has 0 N–H and O–H groups in total. The second-order valence-electron chi connectivity index (χ2n) is 0.303. The van der Waals surface area contributed by atoms with Gasteiger partial charge in [0.25, 0.3) is 0 Å². The van der Waals surface area contributed by atoms with Crippen LogP contribution in [0.4, 0.5) is 0 Å². The first-order chi connectivity index (χ1) is 1.91. The summed E-state index contributed by atoms with van der Waals surface area (Å²) in [5.41, 5.74) is 0. The molecule has 22 valence electrons. The van der Waals surface area contributed by atoms with Crippen molar-refractivity contribution in [3.63, 3.8) is 0 Å². The summed E-state index contributed by atoms with van der Waals surface area (Å²) in [6, 6.07) is 0. The van der Waals surface area contributed by atoms with Crippen molar-refractivity contribution in [2.24, 2.45) is 0 Å². The molecule has 0 nitrogen and oxygen atoms in total. The van der Waals surface area contributed by atoms with Crippen LogP contribution in [0, 0.1) is 0 Å². The van der Waals surface area contributed by atoms with Crippen LogP contribution in [0.25, 0.3) is 0 Å². The van der Waals surface area contributed by atoms with Gasteiger partial charge in [0, 0.05) is 0 Å². The Hall–Kier alpha value is 0.715. The van der Waals surface area contributed by atoms with Gasteiger partial charge in [0.1, 0.15) is 0 Å². The van der Waals surface area contributed by atoms with E-state index in [1.54, 1.807) is 6.20 Å². The SMILES string of the molecule is C=BSP. The summed E-state index contributed by atoms with van der Waals surface area (Å²) in [7, 11) is 2.45. The van der Waals surface area contributed by atoms with Crippen LogP contribution < -0.4 is 0 Å². The summed E-state index contributed by atoms with van der Waals surface area (Å²) < 4.78 is 0. The second-order valence-corrected chi connectivity index (χ2v) is 1.72. The molecular formula is CH4BPS. The predicted molar refractivity (Wildman–Crippen MR) is 30.2 cm³/mol. The second kappa shape index (κ2) is 3.71. The van der Waals surface area contributed by atoms with Crippen LogP contribution in [0.1, 0.15) is 0 Å². The van der Waals surface area contributed by atoms with Crippen LogP contribution in [-0.4, -0.2) is 12.7 Å². The van der Waals surface area contributed by atoms with E-state index in [4.69, 9.17) is 0 Å². The van der Waals surface area contributed by atoms with Crippen LogP contribution in [0.15, 0.2) is 0 Å². The molecule has 0 amide bonds. The fraction of sp³-hybridized carbons (Fsp3) is 0. The molecule has 0 bridgehead atoms. The molecule has 3 heteroatoms. The molecule has 0 saturated heterocycles. The van der Waals surface area contributed by atoms with Gasteiger partial charge in [-0.3, -0.25) is 0 Å². The third kappa shape index (κ3) is 2.71. The Bertz CT molecular complexity index is 22.0. The van der Waals surface area contributed by atoms with Crippen LogP contribution in [-0.2, 0) is 0 Å². The molecule has 4 heavy (non-hydrogen) atoms. The molecule has 0 aromatic heterocycles. The standard InChI is InChI=1S/CH4BPS/c1-2-4-3/h1,3H2. The van der Waals surface area contributed by atoms with Gasteiger partial charge in [-0.05, 0) is 0 Å². The van der Waals surface area contributed by atoms with Crippen LogP contribution in [0.3, 0.4) is 0 Å². The maximum atomic E-state index is 3.42. The minimum atomic E-state index is 1.54. The molecule has 0 heterocycles. The quantitative estimate of drug-likeness (QED) is 0.335. The fourth-order valence-corrected chi connectivity index (χ4v) is 0. The summed E-state index contributed by atoms with van der Waals surface area (Å²) in [5.74, 6) is 0. The van der Waals surface area contributed by atoms with E-state index >= 15 is 0 Å². The van der Waals surface area contributed by atoms with Crippen LogP contribution >= 0.6 is 19.7 Å². The third-order valence-corrected chi connectivity index (χ3v) is 0.866. The van der Waals surface area contributed by atoms with Crippen molar-refractivity contribution in [3.8, 4) is 0 Å². The van der Waals surface area contributed by atoms with Crippen molar-refractivity contribution in [2.45, 2.75) is 0 Å². The third-order valence-electron chi connectivity index (χ3n) is 0.0962. The Morgan fingerprint density at radius 2 is 2.25 bits per heavy atom. The summed E-state index contributed by atoms with van der Waals surface area (Å²) in [6.07, 6.45) is 1.75. The van der Waals surface area contributed by atoms with Gasteiger partial charge in [0.15, 0.2) is 0 Å². The molecular weight excluding hydrogens is 85.9 g/mol. The Morgan fingerprint density at radius 1 is 2.00 bits per heavy atom. The molecule has 1 unspecified atom stereocenters. The molecule has 0 aliphatic carbocycles. The molecule has 0 saturated carbocycles. The summed E-state index contributed by atoms with van der Waals surface area (Å²) >= 11 is 1.54. The molecule has 0 spiro atoms. The zero-order chi connectivity index (χ0) is 3.41. The van der Waals surface area contributed by atoms with Gasteiger partial charge in [-0.1, -0.05) is 0 Å². The predicted octanol–water partition coefficient (Wildman–Crippen LogP) is 0.561. The van der Waals surface area contributed by atoms with Crippen molar-refractivity contribution in [1.29, 1.82) is 0 Å². The molecule has 0 aromatic carbocycles. The summed E-state index contributed by atoms with van der Waals surface area (Å²) in [4.78, 5) is 0. The fourth-order valence-electron chi connectivity index (χ4n) is 0. The molecule has 0 rings (SSSR count). The first-order valence-corrected chi connectivity index (χ1v) is 3.24. The Balaban J connectivity index is 2.30. The van der Waals surface area contributed by atoms with Gasteiger partial charge in [0.05, 0.1) is 0 Å². The van der Waals surface area contributed by atoms with Gasteiger partial charge >= 0.3 is 32.3 Å². The topological polar surface area (TPSA) is 0 Å². The average Bonchev–Trinajstić information content (AvgIpc) is 1.37. The minimum absolute atomic E-state index is 1.54. The van der Waals surface area contributed by atoms with E-state index in [0.717, 1.165) is 0 Å². The van der Waals surface area contributed by atoms with Gasteiger partial charge in [-0.25, -0.2) is 0 Å². The van der Waals surface area contributed by atoms with E-state index in [1.807, 2.05) is 0 Å². The molecule has 0 aliphatic heterocycles. The van der Waals surface area contributed by atoms with Crippen LogP contribution in [0.2, 0.25) is 0 Å². The van der Waals surface area contributed by atoms with Crippen molar-refractivity contribution in [2.75, 3.05) is 0 Å². The monoisotopic (exact) mass is 90.0 g/mol. The number of hydrogen-bond donors (Lipinski definition) is 0. The van der Waals surface area contributed by atoms with E-state index in [-0.39, 0.29) is 0 Å². The molecule has 0 aromatic rings. The van der Waals surface area contributed by atoms with Gasteiger partial charge in [-0.15, -0.1) is 0 Å². The van der Waals surface area contributed by atoms with Gasteiger partial charge in [-0.2, -0.15) is 0 Å². The van der Waals surface area contributed by atoms with Gasteiger partial charge < -0.3 is 0 Å². The molecule has 0 fully saturated rings. The van der Waals surface area contributed by atoms with E-state index in [0.29, 0.717) is 0 Å². The first-order valence-electron chi connectivity index (χ1n) is 0.880. The van der Waals surface area contributed by atoms with E-state index in [1.165, 1.54) is 11.2 Å². The van der Waals surface area contributed by atoms with Crippen LogP contribution in [0.5, 0.6) is 0 Å². The normalized spacial score (nSPS) is 5.25. The average molecular weight is 89.9 g/mol. The Labute approximate surface area is 33.1 Å². The molecule has 0 aliphatic rings. The zero-order valence-electron chi connectivity index (χ0n) is 2.27. The molecule has 1 atom stereocenters. The molecule has 0 radical (unpaired) electrons. The van der Waals surface area contributed by atoms with Gasteiger partial charge in [0.2, 0.25) is 0 Å². The van der Waals surface area contributed by atoms with Crippen molar-refractivity contribution in [3.05, 3.63) is 0 Å². The van der Waals surface area contributed by atoms with Crippen molar-refractivity contribution < 1.29 is 0 Å². The van der Waals surface area contributed by atoms with E-state index in [9.17, 15) is 0 Å². The Kier molecular flexibility index (Phi) is 4.38. The Morgan fingerprint density at radius 3 is 2.25 bits per heavy atom. The van der Waals surface area contributed by atoms with Crippen molar-refractivity contribution >= 4 is 32.3 Å². The summed E-state index contributed by atoms with van der Waals surface area (Å²) in [6.45, 7) is 3.42. The first kappa shape index (κ1) is 4.71. The summed E-state index contributed by atoms with van der Waals surface area (Å²) in [5, 5.41) is 0. The number of rotatable bonds is 1. The van der Waals surface area contributed by atoms with E-state index < -0.39 is 0 Å². The zero-order valence-corrected chi connectivity index (χ0v) is 4.24. The number of hydrogen-bond acceptors (Lipinski definition) is 1. The van der Waals surface area contributed by atoms with Crippen molar-refractivity contribution in [1.82, 2.24) is 0 Å². The maximum absolute atomic E-state index is 3.42.